The molecule has 0 atom stereocenters. The van der Waals surface area contributed by atoms with E-state index in [1.807, 2.05) is 29.8 Å². The van der Waals surface area contributed by atoms with Gasteiger partial charge in [-0.3, -0.25) is 9.48 Å². The molecule has 2 heterocycles. The van der Waals surface area contributed by atoms with Crippen LogP contribution in [0, 0.1) is 0 Å². The van der Waals surface area contributed by atoms with Crippen molar-refractivity contribution >= 4 is 12.0 Å². The third-order valence-electron chi connectivity index (χ3n) is 5.06. The lowest BCUT2D eigenvalue weighted by molar-refractivity contribution is 0.0859. The molecule has 7 heteroatoms. The van der Waals surface area contributed by atoms with Crippen LogP contribution in [0.2, 0.25) is 0 Å². The molecule has 28 heavy (non-hydrogen) atoms. The highest BCUT2D eigenvalue weighted by molar-refractivity contribution is 5.95. The van der Waals surface area contributed by atoms with E-state index in [1.165, 1.54) is 0 Å². The van der Waals surface area contributed by atoms with Crippen molar-refractivity contribution in [2.75, 3.05) is 19.7 Å². The zero-order valence-electron chi connectivity index (χ0n) is 16.6. The Labute approximate surface area is 165 Å². The largest absolute Gasteiger partial charge is 0.450 e. The molecule has 7 nitrogen and oxygen atoms in total. The molecule has 0 spiro atoms. The fourth-order valence-corrected chi connectivity index (χ4v) is 3.55. The minimum Gasteiger partial charge on any atom is -0.450 e. The maximum Gasteiger partial charge on any atom is 0.409 e. The van der Waals surface area contributed by atoms with Crippen molar-refractivity contribution in [3.05, 3.63) is 53.3 Å². The first-order valence-electron chi connectivity index (χ1n) is 9.93. The Bertz CT molecular complexity index is 795. The molecular formula is C21H28N4O3. The van der Waals surface area contributed by atoms with Gasteiger partial charge < -0.3 is 15.0 Å². The van der Waals surface area contributed by atoms with Gasteiger partial charge in [0.25, 0.3) is 5.91 Å². The van der Waals surface area contributed by atoms with Crippen molar-refractivity contribution in [1.29, 1.82) is 0 Å². The van der Waals surface area contributed by atoms with Crippen LogP contribution in [0.25, 0.3) is 0 Å². The quantitative estimate of drug-likeness (QED) is 0.831. The molecule has 1 aromatic heterocycles. The molecule has 2 amide bonds. The Balaban J connectivity index is 1.60. The minimum absolute atomic E-state index is 0.0559. The third-order valence-corrected chi connectivity index (χ3v) is 5.06. The number of nitrogens with one attached hydrogen (secondary N) is 1. The maximum atomic E-state index is 12.8. The number of hydrogen-bond acceptors (Lipinski definition) is 4. The number of rotatable bonds is 6. The number of nitrogens with zero attached hydrogens (tertiary/aromatic N) is 3. The normalized spacial score (nSPS) is 14.7. The van der Waals surface area contributed by atoms with Crippen LogP contribution in [0.3, 0.4) is 0 Å². The number of ether oxygens (including phenoxy) is 1. The summed E-state index contributed by atoms with van der Waals surface area (Å²) in [5.74, 6) is -0.0919. The van der Waals surface area contributed by atoms with Gasteiger partial charge in [0, 0.05) is 19.1 Å². The zero-order valence-corrected chi connectivity index (χ0v) is 16.6. The van der Waals surface area contributed by atoms with E-state index in [9.17, 15) is 9.59 Å². The van der Waals surface area contributed by atoms with Gasteiger partial charge in [0.15, 0.2) is 0 Å². The predicted octanol–water partition coefficient (Wildman–Crippen LogP) is 2.84. The van der Waals surface area contributed by atoms with Crippen molar-refractivity contribution in [2.24, 2.45) is 0 Å². The van der Waals surface area contributed by atoms with Gasteiger partial charge in [-0.15, -0.1) is 0 Å². The Hall–Kier alpha value is -2.83. The Morgan fingerprint density at radius 2 is 1.89 bits per heavy atom. The molecule has 1 saturated heterocycles. The predicted molar refractivity (Wildman–Crippen MR) is 106 cm³/mol. The van der Waals surface area contributed by atoms with Gasteiger partial charge in [-0.25, -0.2) is 4.79 Å². The maximum absolute atomic E-state index is 12.8. The smallest absolute Gasteiger partial charge is 0.409 e. The van der Waals surface area contributed by atoms with Gasteiger partial charge in [-0.05, 0) is 31.7 Å². The highest BCUT2D eigenvalue weighted by atomic mass is 16.6. The molecule has 3 rings (SSSR count). The molecule has 0 bridgehead atoms. The van der Waals surface area contributed by atoms with Gasteiger partial charge in [-0.1, -0.05) is 37.3 Å². The van der Waals surface area contributed by atoms with Crippen LogP contribution in [0.1, 0.15) is 48.3 Å². The standard InChI is InChI=1S/C21H28N4O3/c1-3-19-18(14-22-25(19)15-16-8-6-5-7-9-16)20(26)23-17-10-12-24(13-11-17)21(27)28-4-2/h5-9,14,17H,3-4,10-13,15H2,1-2H3,(H,23,26). The first-order valence-corrected chi connectivity index (χ1v) is 9.93. The SMILES string of the molecule is CCOC(=O)N1CCC(NC(=O)c2cnn(Cc3ccccc3)c2CC)CC1. The van der Waals surface area contributed by atoms with Gasteiger partial charge in [-0.2, -0.15) is 5.10 Å². The summed E-state index contributed by atoms with van der Waals surface area (Å²) >= 11 is 0. The van der Waals surface area contributed by atoms with Crippen molar-refractivity contribution < 1.29 is 14.3 Å². The molecule has 0 radical (unpaired) electrons. The average molecular weight is 384 g/mol. The van der Waals surface area contributed by atoms with Crippen molar-refractivity contribution in [3.63, 3.8) is 0 Å². The van der Waals surface area contributed by atoms with Crippen LogP contribution in [-0.2, 0) is 17.7 Å². The minimum atomic E-state index is -0.275. The Kier molecular flexibility index (Phi) is 6.68. The molecule has 150 valence electrons. The number of likely N-dealkylation sites (tertiary alicyclic amines) is 1. The van der Waals surface area contributed by atoms with Crippen LogP contribution in [0.15, 0.2) is 36.5 Å². The topological polar surface area (TPSA) is 76.5 Å². The summed E-state index contributed by atoms with van der Waals surface area (Å²) in [6.07, 6.45) is 3.57. The molecule has 2 aromatic rings. The van der Waals surface area contributed by atoms with E-state index in [4.69, 9.17) is 4.74 Å². The first kappa shape index (κ1) is 19.9. The lowest BCUT2D eigenvalue weighted by Crippen LogP contribution is -2.46. The van der Waals surface area contributed by atoms with Crippen molar-refractivity contribution in [3.8, 4) is 0 Å². The fourth-order valence-electron chi connectivity index (χ4n) is 3.55. The average Bonchev–Trinajstić information content (AvgIpc) is 3.12. The van der Waals surface area contributed by atoms with Gasteiger partial charge in [0.1, 0.15) is 0 Å². The highest BCUT2D eigenvalue weighted by Crippen LogP contribution is 2.15. The van der Waals surface area contributed by atoms with E-state index in [0.29, 0.717) is 31.8 Å². The van der Waals surface area contributed by atoms with Gasteiger partial charge >= 0.3 is 6.09 Å². The summed E-state index contributed by atoms with van der Waals surface area (Å²) < 4.78 is 6.93. The van der Waals surface area contributed by atoms with Crippen LogP contribution < -0.4 is 5.32 Å². The summed E-state index contributed by atoms with van der Waals surface area (Å²) in [4.78, 5) is 26.3. The summed E-state index contributed by atoms with van der Waals surface area (Å²) in [5, 5.41) is 7.55. The Morgan fingerprint density at radius 1 is 1.18 bits per heavy atom. The van der Waals surface area contributed by atoms with Crippen LogP contribution >= 0.6 is 0 Å². The molecule has 1 aliphatic heterocycles. The second-order valence-electron chi connectivity index (χ2n) is 6.94. The molecule has 0 unspecified atom stereocenters. The zero-order chi connectivity index (χ0) is 19.9. The lowest BCUT2D eigenvalue weighted by atomic mass is 10.0. The Morgan fingerprint density at radius 3 is 2.54 bits per heavy atom. The second kappa shape index (κ2) is 9.39. The molecule has 1 aliphatic rings. The van der Waals surface area contributed by atoms with E-state index in [0.717, 1.165) is 30.5 Å². The van der Waals surface area contributed by atoms with Crippen molar-refractivity contribution in [1.82, 2.24) is 20.0 Å². The van der Waals surface area contributed by atoms with Gasteiger partial charge in [0.2, 0.25) is 0 Å². The number of aromatic nitrogens is 2. The van der Waals surface area contributed by atoms with E-state index >= 15 is 0 Å². The van der Waals surface area contributed by atoms with Crippen LogP contribution in [-0.4, -0.2) is 52.4 Å². The lowest BCUT2D eigenvalue weighted by Gasteiger charge is -2.31. The summed E-state index contributed by atoms with van der Waals surface area (Å²) in [7, 11) is 0. The number of amides is 2. The second-order valence-corrected chi connectivity index (χ2v) is 6.94. The molecule has 0 aliphatic carbocycles. The number of piperidine rings is 1. The molecule has 1 aromatic carbocycles. The van der Waals surface area contributed by atoms with Crippen LogP contribution in [0.5, 0.6) is 0 Å². The summed E-state index contributed by atoms with van der Waals surface area (Å²) in [6.45, 7) is 6.05. The van der Waals surface area contributed by atoms with E-state index in [1.54, 1.807) is 18.0 Å². The number of carbonyl (C=O) groups is 2. The molecular weight excluding hydrogens is 356 g/mol. The molecule has 1 fully saturated rings. The first-order chi connectivity index (χ1) is 13.6. The van der Waals surface area contributed by atoms with Crippen LogP contribution in [0.4, 0.5) is 4.79 Å². The summed E-state index contributed by atoms with van der Waals surface area (Å²) in [5.41, 5.74) is 2.72. The molecule has 1 N–H and O–H groups in total. The highest BCUT2D eigenvalue weighted by Gasteiger charge is 2.26. The monoisotopic (exact) mass is 384 g/mol. The molecule has 0 saturated carbocycles. The van der Waals surface area contributed by atoms with E-state index in [-0.39, 0.29) is 18.0 Å². The van der Waals surface area contributed by atoms with E-state index < -0.39 is 0 Å². The van der Waals surface area contributed by atoms with E-state index in [2.05, 4.69) is 22.5 Å². The van der Waals surface area contributed by atoms with Gasteiger partial charge in [0.05, 0.1) is 30.6 Å². The third kappa shape index (κ3) is 4.71. The number of carbonyl (C=O) groups excluding carboxylic acids is 2. The summed E-state index contributed by atoms with van der Waals surface area (Å²) in [6, 6.07) is 10.2. The number of hydrogen-bond donors (Lipinski definition) is 1. The number of benzene rings is 1. The van der Waals surface area contributed by atoms with Crippen molar-refractivity contribution in [2.45, 2.75) is 45.7 Å². The fraction of sp³-hybridized carbons (Fsp3) is 0.476.